The van der Waals surface area contributed by atoms with Gasteiger partial charge in [-0.25, -0.2) is 9.48 Å². The lowest BCUT2D eigenvalue weighted by Crippen LogP contribution is -2.05. The summed E-state index contributed by atoms with van der Waals surface area (Å²) in [5, 5.41) is 15.9. The van der Waals surface area contributed by atoms with Gasteiger partial charge < -0.3 is 4.74 Å². The second-order valence-corrected chi connectivity index (χ2v) is 6.33. The molecule has 2 aromatic carbocycles. The van der Waals surface area contributed by atoms with Gasteiger partial charge in [-0.2, -0.15) is 5.10 Å². The number of hydrogen-bond acceptors (Lipinski definition) is 5. The lowest BCUT2D eigenvalue weighted by molar-refractivity contribution is -0.384. The van der Waals surface area contributed by atoms with Crippen molar-refractivity contribution in [2.24, 2.45) is 0 Å². The van der Waals surface area contributed by atoms with Gasteiger partial charge >= 0.3 is 5.97 Å². The normalized spacial score (nSPS) is 10.7. The van der Waals surface area contributed by atoms with Crippen molar-refractivity contribution >= 4 is 23.3 Å². The lowest BCUT2D eigenvalue weighted by atomic mass is 10.0. The molecule has 0 aliphatic carbocycles. The van der Waals surface area contributed by atoms with Crippen LogP contribution in [0.2, 0.25) is 5.02 Å². The van der Waals surface area contributed by atoms with Crippen LogP contribution in [0.25, 0.3) is 16.8 Å². The number of rotatable bonds is 4. The van der Waals surface area contributed by atoms with Crippen molar-refractivity contribution < 1.29 is 14.5 Å². The second kappa shape index (κ2) is 7.20. The van der Waals surface area contributed by atoms with Crippen molar-refractivity contribution in [3.8, 4) is 16.8 Å². The highest BCUT2D eigenvalue weighted by Gasteiger charge is 2.19. The third-order valence-corrected chi connectivity index (χ3v) is 4.57. The van der Waals surface area contributed by atoms with Gasteiger partial charge in [0.25, 0.3) is 5.69 Å². The fourth-order valence-corrected chi connectivity index (χ4v) is 3.19. The van der Waals surface area contributed by atoms with Gasteiger partial charge in [-0.1, -0.05) is 23.7 Å². The lowest BCUT2D eigenvalue weighted by Gasteiger charge is -2.09. The van der Waals surface area contributed by atoms with E-state index < -0.39 is 10.9 Å². The molecule has 0 amide bonds. The number of benzene rings is 2. The van der Waals surface area contributed by atoms with Crippen molar-refractivity contribution in [3.63, 3.8) is 0 Å². The molecule has 0 radical (unpaired) electrons. The summed E-state index contributed by atoms with van der Waals surface area (Å²) in [5.74, 6) is -0.540. The molecule has 8 heteroatoms. The summed E-state index contributed by atoms with van der Waals surface area (Å²) >= 11 is 6.08. The van der Waals surface area contributed by atoms with E-state index in [1.807, 2.05) is 13.8 Å². The number of ether oxygens (including phenoxy) is 1. The van der Waals surface area contributed by atoms with Crippen LogP contribution in [-0.2, 0) is 4.74 Å². The number of nitro benzene ring substituents is 1. The third kappa shape index (κ3) is 3.41. The van der Waals surface area contributed by atoms with E-state index in [1.165, 1.54) is 19.2 Å². The smallest absolute Gasteiger partial charge is 0.339 e. The molecule has 0 unspecified atom stereocenters. The molecule has 1 heterocycles. The second-order valence-electron chi connectivity index (χ2n) is 5.92. The van der Waals surface area contributed by atoms with E-state index in [0.717, 1.165) is 11.3 Å². The number of nitro groups is 1. The molecule has 0 bridgehead atoms. The van der Waals surface area contributed by atoms with Crippen molar-refractivity contribution in [3.05, 3.63) is 74.6 Å². The highest BCUT2D eigenvalue weighted by molar-refractivity contribution is 6.33. The molecular formula is C19H16ClN3O4. The number of hydrogen-bond donors (Lipinski definition) is 0. The minimum atomic E-state index is -0.540. The predicted octanol–water partition coefficient (Wildman–Crippen LogP) is 4.50. The van der Waals surface area contributed by atoms with Gasteiger partial charge in [0.2, 0.25) is 0 Å². The van der Waals surface area contributed by atoms with E-state index in [9.17, 15) is 14.9 Å². The number of carbonyl (C=O) groups is 1. The van der Waals surface area contributed by atoms with Crippen LogP contribution < -0.4 is 0 Å². The summed E-state index contributed by atoms with van der Waals surface area (Å²) in [4.78, 5) is 22.5. The fraction of sp³-hybridized carbons (Fsp3) is 0.158. The van der Waals surface area contributed by atoms with Gasteiger partial charge in [-0.15, -0.1) is 0 Å². The Morgan fingerprint density at radius 3 is 2.63 bits per heavy atom. The summed E-state index contributed by atoms with van der Waals surface area (Å²) < 4.78 is 6.43. The highest BCUT2D eigenvalue weighted by atomic mass is 35.5. The number of aromatic nitrogens is 2. The van der Waals surface area contributed by atoms with Crippen LogP contribution in [0.3, 0.4) is 0 Å². The van der Waals surface area contributed by atoms with Gasteiger partial charge in [-0.3, -0.25) is 10.1 Å². The summed E-state index contributed by atoms with van der Waals surface area (Å²) in [7, 11) is 1.29. The molecule has 1 aromatic heterocycles. The Balaban J connectivity index is 2.14. The molecule has 3 rings (SSSR count). The Hall–Kier alpha value is -3.19. The average molecular weight is 386 g/mol. The Kier molecular flexibility index (Phi) is 4.96. The maximum Gasteiger partial charge on any atom is 0.339 e. The first-order valence-electron chi connectivity index (χ1n) is 8.02. The molecule has 0 spiro atoms. The molecular weight excluding hydrogens is 370 g/mol. The largest absolute Gasteiger partial charge is 0.465 e. The predicted molar refractivity (Wildman–Crippen MR) is 101 cm³/mol. The molecule has 0 saturated carbocycles. The summed E-state index contributed by atoms with van der Waals surface area (Å²) in [6.07, 6.45) is 0. The van der Waals surface area contributed by atoms with Crippen molar-refractivity contribution in [1.82, 2.24) is 9.78 Å². The number of methoxy groups -OCH3 is 1. The average Bonchev–Trinajstić information content (AvgIpc) is 2.95. The van der Waals surface area contributed by atoms with Crippen molar-refractivity contribution in [1.29, 1.82) is 0 Å². The van der Waals surface area contributed by atoms with Crippen LogP contribution in [-0.4, -0.2) is 27.8 Å². The monoisotopic (exact) mass is 385 g/mol. The standard InChI is InChI=1S/C19H16ClN3O4/c1-11-18(13-5-4-6-15(9-13)23(25)26)12(2)22(21-11)14-7-8-17(20)16(10-14)19(24)27-3/h4-10H,1-3H3. The van der Waals surface area contributed by atoms with E-state index in [1.54, 1.807) is 35.0 Å². The Morgan fingerprint density at radius 2 is 1.96 bits per heavy atom. The zero-order valence-corrected chi connectivity index (χ0v) is 15.6. The number of nitrogens with zero attached hydrogens (tertiary/aromatic N) is 3. The Labute approximate surface area is 160 Å². The molecule has 138 valence electrons. The first-order valence-corrected chi connectivity index (χ1v) is 8.40. The summed E-state index contributed by atoms with van der Waals surface area (Å²) in [6.45, 7) is 3.69. The van der Waals surface area contributed by atoms with Gasteiger partial charge in [0.05, 0.1) is 34.0 Å². The van der Waals surface area contributed by atoms with Crippen molar-refractivity contribution in [2.75, 3.05) is 7.11 Å². The molecule has 0 fully saturated rings. The van der Waals surface area contributed by atoms with E-state index in [4.69, 9.17) is 16.3 Å². The van der Waals surface area contributed by atoms with E-state index in [2.05, 4.69) is 5.10 Å². The topological polar surface area (TPSA) is 87.3 Å². The molecule has 7 nitrogen and oxygen atoms in total. The number of carbonyl (C=O) groups excluding carboxylic acids is 1. The van der Waals surface area contributed by atoms with Gasteiger partial charge in [-0.05, 0) is 37.6 Å². The summed E-state index contributed by atoms with van der Waals surface area (Å²) in [6, 6.07) is 11.4. The van der Waals surface area contributed by atoms with Crippen LogP contribution >= 0.6 is 11.6 Å². The SMILES string of the molecule is COC(=O)c1cc(-n2nc(C)c(-c3cccc([N+](=O)[O-])c3)c2C)ccc1Cl. The number of non-ortho nitro benzene ring substituents is 1. The van der Waals surface area contributed by atoms with Gasteiger partial charge in [0.1, 0.15) is 0 Å². The molecule has 0 saturated heterocycles. The van der Waals surface area contributed by atoms with Crippen LogP contribution in [0.15, 0.2) is 42.5 Å². The molecule has 3 aromatic rings. The molecule has 0 aliphatic rings. The zero-order valence-electron chi connectivity index (χ0n) is 14.9. The number of aryl methyl sites for hydroxylation is 1. The molecule has 0 atom stereocenters. The van der Waals surface area contributed by atoms with E-state index in [-0.39, 0.29) is 16.3 Å². The van der Waals surface area contributed by atoms with Crippen LogP contribution in [0.1, 0.15) is 21.7 Å². The number of halogens is 1. The molecule has 0 aliphatic heterocycles. The zero-order chi connectivity index (χ0) is 19.7. The molecule has 27 heavy (non-hydrogen) atoms. The number of esters is 1. The minimum absolute atomic E-state index is 0.0125. The van der Waals surface area contributed by atoms with Gasteiger partial charge in [0, 0.05) is 23.4 Å². The van der Waals surface area contributed by atoms with Crippen molar-refractivity contribution in [2.45, 2.75) is 13.8 Å². The van der Waals surface area contributed by atoms with Crippen LogP contribution in [0.5, 0.6) is 0 Å². The minimum Gasteiger partial charge on any atom is -0.465 e. The highest BCUT2D eigenvalue weighted by Crippen LogP contribution is 2.31. The first kappa shape index (κ1) is 18.6. The van der Waals surface area contributed by atoms with Crippen LogP contribution in [0.4, 0.5) is 5.69 Å². The fourth-order valence-electron chi connectivity index (χ4n) is 3.00. The maximum absolute atomic E-state index is 11.9. The quantitative estimate of drug-likeness (QED) is 0.374. The molecule has 0 N–H and O–H groups in total. The van der Waals surface area contributed by atoms with Gasteiger partial charge in [0.15, 0.2) is 0 Å². The van der Waals surface area contributed by atoms with E-state index in [0.29, 0.717) is 16.9 Å². The van der Waals surface area contributed by atoms with E-state index >= 15 is 0 Å². The van der Waals surface area contributed by atoms with Crippen LogP contribution in [0, 0.1) is 24.0 Å². The Bertz CT molecular complexity index is 1060. The summed E-state index contributed by atoms with van der Waals surface area (Å²) in [5.41, 5.74) is 3.88. The third-order valence-electron chi connectivity index (χ3n) is 4.24. The Morgan fingerprint density at radius 1 is 1.22 bits per heavy atom. The first-order chi connectivity index (χ1) is 12.8. The maximum atomic E-state index is 11.9.